The number of nitro groups is 1. The van der Waals surface area contributed by atoms with Crippen molar-refractivity contribution in [2.75, 3.05) is 5.32 Å². The molecule has 0 unspecified atom stereocenters. The molecule has 0 fully saturated rings. The third-order valence-corrected chi connectivity index (χ3v) is 2.59. The summed E-state index contributed by atoms with van der Waals surface area (Å²) >= 11 is 0. The minimum absolute atomic E-state index is 0.0668. The van der Waals surface area contributed by atoms with Gasteiger partial charge in [-0.3, -0.25) is 14.8 Å². The second-order valence-corrected chi connectivity index (χ2v) is 3.93. The molecule has 0 amide bonds. The molecule has 0 aliphatic carbocycles. The van der Waals surface area contributed by atoms with E-state index in [1.54, 1.807) is 23.9 Å². The summed E-state index contributed by atoms with van der Waals surface area (Å²) in [4.78, 5) is 14.6. The summed E-state index contributed by atoms with van der Waals surface area (Å²) in [6, 6.07) is 5.06. The molecule has 1 heterocycles. The Bertz CT molecular complexity index is 579. The zero-order valence-corrected chi connectivity index (χ0v) is 10.1. The Balaban J connectivity index is 2.19. The van der Waals surface area contributed by atoms with Gasteiger partial charge in [-0.2, -0.15) is 5.10 Å². The highest BCUT2D eigenvalue weighted by atomic mass is 16.6. The van der Waals surface area contributed by atoms with Crippen LogP contribution in [0.1, 0.15) is 11.4 Å². The predicted octanol–water partition coefficient (Wildman–Crippen LogP) is 1.64. The number of nitro benzene ring substituents is 1. The zero-order valence-electron chi connectivity index (χ0n) is 10.1. The second-order valence-electron chi connectivity index (χ2n) is 3.93. The molecular formula is C11H13N5O2. The lowest BCUT2D eigenvalue weighted by atomic mass is 10.2. The first-order valence-corrected chi connectivity index (χ1v) is 5.39. The molecule has 0 saturated carbocycles. The lowest BCUT2D eigenvalue weighted by Crippen LogP contribution is -2.08. The standard InChI is InChI=1S/C11H13N5O2/c1-8-3-4-9(10(5-8)16(17)18)12-6-11-13-7-14-15(11)2/h3-5,7,12H,6H2,1-2H3. The number of anilines is 1. The van der Waals surface area contributed by atoms with Gasteiger partial charge in [0.15, 0.2) is 0 Å². The summed E-state index contributed by atoms with van der Waals surface area (Å²) in [6.45, 7) is 2.21. The predicted molar refractivity (Wildman–Crippen MR) is 66.2 cm³/mol. The van der Waals surface area contributed by atoms with Crippen molar-refractivity contribution >= 4 is 11.4 Å². The molecule has 0 bridgehead atoms. The van der Waals surface area contributed by atoms with Crippen LogP contribution in [0.2, 0.25) is 0 Å². The fraction of sp³-hybridized carbons (Fsp3) is 0.273. The molecule has 2 aromatic rings. The van der Waals surface area contributed by atoms with Gasteiger partial charge >= 0.3 is 0 Å². The summed E-state index contributed by atoms with van der Waals surface area (Å²) in [5.74, 6) is 0.713. The number of rotatable bonds is 4. The van der Waals surface area contributed by atoms with Crippen molar-refractivity contribution in [3.05, 3.63) is 46.0 Å². The van der Waals surface area contributed by atoms with E-state index in [2.05, 4.69) is 15.4 Å². The van der Waals surface area contributed by atoms with Crippen molar-refractivity contribution in [2.24, 2.45) is 7.05 Å². The van der Waals surface area contributed by atoms with E-state index < -0.39 is 4.92 Å². The monoisotopic (exact) mass is 247 g/mol. The largest absolute Gasteiger partial charge is 0.372 e. The molecule has 1 aromatic heterocycles. The molecule has 0 aliphatic heterocycles. The van der Waals surface area contributed by atoms with E-state index in [0.717, 1.165) is 5.56 Å². The van der Waals surface area contributed by atoms with Crippen molar-refractivity contribution in [2.45, 2.75) is 13.5 Å². The number of hydrogen-bond donors (Lipinski definition) is 1. The molecule has 2 rings (SSSR count). The van der Waals surface area contributed by atoms with E-state index in [1.807, 2.05) is 13.0 Å². The smallest absolute Gasteiger partial charge is 0.292 e. The molecule has 0 spiro atoms. The van der Waals surface area contributed by atoms with E-state index in [-0.39, 0.29) is 5.69 Å². The van der Waals surface area contributed by atoms with Gasteiger partial charge in [0.2, 0.25) is 0 Å². The van der Waals surface area contributed by atoms with Gasteiger partial charge < -0.3 is 5.32 Å². The second kappa shape index (κ2) is 4.82. The third-order valence-electron chi connectivity index (χ3n) is 2.59. The highest BCUT2D eigenvalue weighted by molar-refractivity contribution is 5.62. The Labute approximate surface area is 104 Å². The van der Waals surface area contributed by atoms with Crippen molar-refractivity contribution in [3.8, 4) is 0 Å². The summed E-state index contributed by atoms with van der Waals surface area (Å²) in [7, 11) is 1.77. The number of nitrogens with one attached hydrogen (secondary N) is 1. The fourth-order valence-corrected chi connectivity index (χ4v) is 1.60. The van der Waals surface area contributed by atoms with Crippen LogP contribution < -0.4 is 5.32 Å². The van der Waals surface area contributed by atoms with Crippen molar-refractivity contribution in [3.63, 3.8) is 0 Å². The fourth-order valence-electron chi connectivity index (χ4n) is 1.60. The minimum atomic E-state index is -0.397. The summed E-state index contributed by atoms with van der Waals surface area (Å²) in [5, 5.41) is 17.9. The van der Waals surface area contributed by atoms with Gasteiger partial charge in [-0.25, -0.2) is 4.98 Å². The van der Waals surface area contributed by atoms with Crippen molar-refractivity contribution < 1.29 is 4.92 Å². The maximum absolute atomic E-state index is 10.9. The van der Waals surface area contributed by atoms with E-state index >= 15 is 0 Å². The maximum Gasteiger partial charge on any atom is 0.292 e. The lowest BCUT2D eigenvalue weighted by Gasteiger charge is -2.07. The third kappa shape index (κ3) is 2.45. The number of aryl methyl sites for hydroxylation is 2. The number of benzene rings is 1. The van der Waals surface area contributed by atoms with Crippen molar-refractivity contribution in [1.82, 2.24) is 14.8 Å². The molecule has 94 valence electrons. The minimum Gasteiger partial charge on any atom is -0.372 e. The molecule has 0 atom stereocenters. The Morgan fingerprint density at radius 2 is 2.28 bits per heavy atom. The molecule has 7 heteroatoms. The van der Waals surface area contributed by atoms with Crippen molar-refractivity contribution in [1.29, 1.82) is 0 Å². The molecule has 7 nitrogen and oxygen atoms in total. The molecule has 1 aromatic carbocycles. The quantitative estimate of drug-likeness (QED) is 0.655. The number of hydrogen-bond acceptors (Lipinski definition) is 5. The van der Waals surface area contributed by atoms with Gasteiger partial charge in [0.25, 0.3) is 5.69 Å². The van der Waals surface area contributed by atoms with Gasteiger partial charge in [0, 0.05) is 13.1 Å². The molecule has 0 aliphatic rings. The first-order valence-electron chi connectivity index (χ1n) is 5.39. The van der Waals surface area contributed by atoms with E-state index in [0.29, 0.717) is 18.1 Å². The first-order chi connectivity index (χ1) is 8.58. The summed E-state index contributed by atoms with van der Waals surface area (Å²) < 4.78 is 1.62. The molecule has 18 heavy (non-hydrogen) atoms. The molecular weight excluding hydrogens is 234 g/mol. The van der Waals surface area contributed by atoms with E-state index in [1.165, 1.54) is 6.33 Å². The maximum atomic E-state index is 10.9. The molecule has 1 N–H and O–H groups in total. The SMILES string of the molecule is Cc1ccc(NCc2ncnn2C)c([N+](=O)[O-])c1. The van der Waals surface area contributed by atoms with Gasteiger partial charge in [-0.1, -0.05) is 6.07 Å². The Kier molecular flexibility index (Phi) is 3.22. The normalized spacial score (nSPS) is 10.3. The molecule has 0 radical (unpaired) electrons. The summed E-state index contributed by atoms with van der Waals surface area (Å²) in [6.07, 6.45) is 1.45. The number of nitrogens with zero attached hydrogens (tertiary/aromatic N) is 4. The number of aromatic nitrogens is 3. The van der Waals surface area contributed by atoms with Crippen LogP contribution in [0.5, 0.6) is 0 Å². The van der Waals surface area contributed by atoms with Gasteiger partial charge in [0.05, 0.1) is 11.5 Å². The first kappa shape index (κ1) is 12.0. The van der Waals surface area contributed by atoms with Crippen LogP contribution in [-0.4, -0.2) is 19.7 Å². The Morgan fingerprint density at radius 1 is 1.50 bits per heavy atom. The van der Waals surface area contributed by atoms with E-state index in [9.17, 15) is 10.1 Å². The zero-order chi connectivity index (χ0) is 13.1. The van der Waals surface area contributed by atoms with Gasteiger partial charge in [-0.05, 0) is 18.6 Å². The van der Waals surface area contributed by atoms with Crippen LogP contribution in [0.3, 0.4) is 0 Å². The summed E-state index contributed by atoms with van der Waals surface area (Å²) in [5.41, 5.74) is 1.40. The Hall–Kier alpha value is -2.44. The Morgan fingerprint density at radius 3 is 2.89 bits per heavy atom. The van der Waals surface area contributed by atoms with Crippen LogP contribution in [0.25, 0.3) is 0 Å². The van der Waals surface area contributed by atoms with E-state index in [4.69, 9.17) is 0 Å². The highest BCUT2D eigenvalue weighted by Crippen LogP contribution is 2.25. The average molecular weight is 247 g/mol. The van der Waals surface area contributed by atoms with Gasteiger partial charge in [0.1, 0.15) is 17.8 Å². The van der Waals surface area contributed by atoms with Crippen LogP contribution in [0.15, 0.2) is 24.5 Å². The van der Waals surface area contributed by atoms with Crippen LogP contribution in [0, 0.1) is 17.0 Å². The van der Waals surface area contributed by atoms with Crippen LogP contribution >= 0.6 is 0 Å². The lowest BCUT2D eigenvalue weighted by molar-refractivity contribution is -0.384. The topological polar surface area (TPSA) is 85.9 Å². The highest BCUT2D eigenvalue weighted by Gasteiger charge is 2.13. The van der Waals surface area contributed by atoms with Crippen LogP contribution in [0.4, 0.5) is 11.4 Å². The van der Waals surface area contributed by atoms with Gasteiger partial charge in [-0.15, -0.1) is 0 Å². The van der Waals surface area contributed by atoms with Crippen LogP contribution in [-0.2, 0) is 13.6 Å². The molecule has 0 saturated heterocycles. The average Bonchev–Trinajstić information content (AvgIpc) is 2.73.